The Morgan fingerprint density at radius 3 is 2.65 bits per heavy atom. The highest BCUT2D eigenvalue weighted by atomic mass is 35.5. The molecule has 0 atom stereocenters. The summed E-state index contributed by atoms with van der Waals surface area (Å²) in [6.45, 7) is -0.0371. The highest BCUT2D eigenvalue weighted by Gasteiger charge is 2.37. The Hall–Kier alpha value is -2.63. The molecule has 1 aromatic carbocycles. The van der Waals surface area contributed by atoms with Gasteiger partial charge in [-0.15, -0.1) is 11.3 Å². The molecule has 1 amide bonds. The Kier molecular flexibility index (Phi) is 5.44. The molecule has 0 saturated carbocycles. The number of aromatic nitrogens is 4. The summed E-state index contributed by atoms with van der Waals surface area (Å²) >= 11 is 13.0. The zero-order chi connectivity index (χ0) is 22.5. The number of nitrogens with one attached hydrogen (secondary N) is 1. The third-order valence-electron chi connectivity index (χ3n) is 4.33. The second-order valence-electron chi connectivity index (χ2n) is 6.48. The number of benzene rings is 1. The zero-order valence-corrected chi connectivity index (χ0v) is 17.8. The summed E-state index contributed by atoms with van der Waals surface area (Å²) in [5.74, 6) is -1.24. The van der Waals surface area contributed by atoms with Gasteiger partial charge in [-0.3, -0.25) is 14.2 Å². The van der Waals surface area contributed by atoms with Crippen LogP contribution in [0.25, 0.3) is 10.2 Å². The number of aryl methyl sites for hydroxylation is 1. The average Bonchev–Trinajstić information content (AvgIpc) is 3.33. The number of hydrogen-bond donors (Lipinski definition) is 1. The minimum absolute atomic E-state index is 0.0224. The summed E-state index contributed by atoms with van der Waals surface area (Å²) in [5, 5.41) is 10.1. The normalized spacial score (nSPS) is 12.0. The lowest BCUT2D eigenvalue weighted by molar-refractivity contribution is -0.140. The molecule has 6 nitrogen and oxygen atoms in total. The van der Waals surface area contributed by atoms with Gasteiger partial charge in [0.15, 0.2) is 11.5 Å². The number of alkyl halides is 3. The van der Waals surface area contributed by atoms with Gasteiger partial charge in [-0.05, 0) is 18.2 Å². The van der Waals surface area contributed by atoms with Crippen LogP contribution in [-0.4, -0.2) is 25.5 Å². The maximum absolute atomic E-state index is 14.0. The predicted molar refractivity (Wildman–Crippen MR) is 109 cm³/mol. The Bertz CT molecular complexity index is 1290. The van der Waals surface area contributed by atoms with Crippen molar-refractivity contribution < 1.29 is 22.4 Å². The van der Waals surface area contributed by atoms with Gasteiger partial charge in [0.1, 0.15) is 15.7 Å². The van der Waals surface area contributed by atoms with E-state index in [0.717, 1.165) is 22.1 Å². The van der Waals surface area contributed by atoms with Crippen molar-refractivity contribution in [1.29, 1.82) is 0 Å². The van der Waals surface area contributed by atoms with E-state index in [4.69, 9.17) is 23.2 Å². The summed E-state index contributed by atoms with van der Waals surface area (Å²) in [6.07, 6.45) is -3.28. The topological polar surface area (TPSA) is 64.7 Å². The molecular formula is C18H11Cl2F4N5OS. The van der Waals surface area contributed by atoms with Gasteiger partial charge in [0.05, 0.1) is 11.4 Å². The first-order valence-electron chi connectivity index (χ1n) is 8.55. The molecule has 4 aromatic rings. The molecule has 0 saturated heterocycles. The number of amides is 1. The van der Waals surface area contributed by atoms with Gasteiger partial charge in [0.25, 0.3) is 5.91 Å². The van der Waals surface area contributed by atoms with Gasteiger partial charge in [-0.2, -0.15) is 23.4 Å². The Morgan fingerprint density at radius 1 is 1.23 bits per heavy atom. The van der Waals surface area contributed by atoms with E-state index in [1.807, 2.05) is 0 Å². The third kappa shape index (κ3) is 4.12. The van der Waals surface area contributed by atoms with Gasteiger partial charge < -0.3 is 5.32 Å². The second kappa shape index (κ2) is 7.81. The van der Waals surface area contributed by atoms with E-state index in [1.54, 1.807) is 0 Å². The molecule has 0 unspecified atom stereocenters. The molecule has 0 radical (unpaired) electrons. The van der Waals surface area contributed by atoms with Crippen molar-refractivity contribution in [3.63, 3.8) is 0 Å². The molecular weight excluding hydrogens is 481 g/mol. The molecule has 3 heterocycles. The van der Waals surface area contributed by atoms with Crippen molar-refractivity contribution in [3.05, 3.63) is 62.5 Å². The van der Waals surface area contributed by atoms with Crippen LogP contribution in [0.5, 0.6) is 0 Å². The Morgan fingerprint density at radius 2 is 1.97 bits per heavy atom. The fraction of sp³-hybridized carbons (Fsp3) is 0.167. The smallest absolute Gasteiger partial charge is 0.303 e. The summed E-state index contributed by atoms with van der Waals surface area (Å²) in [6, 6.07) is 5.36. The number of halogens is 6. The summed E-state index contributed by atoms with van der Waals surface area (Å²) in [4.78, 5) is 12.8. The number of carbonyl (C=O) groups excluding carboxylic acids is 1. The van der Waals surface area contributed by atoms with E-state index in [0.29, 0.717) is 0 Å². The molecule has 162 valence electrons. The fourth-order valence-corrected chi connectivity index (χ4v) is 4.33. The molecule has 0 aliphatic rings. The molecule has 4 rings (SSSR count). The zero-order valence-electron chi connectivity index (χ0n) is 15.5. The van der Waals surface area contributed by atoms with Crippen molar-refractivity contribution in [2.75, 3.05) is 5.32 Å². The van der Waals surface area contributed by atoms with Gasteiger partial charge in [0, 0.05) is 29.2 Å². The molecule has 3 aromatic heterocycles. The maximum atomic E-state index is 14.0. The van der Waals surface area contributed by atoms with Crippen LogP contribution in [0.4, 0.5) is 23.4 Å². The molecule has 0 spiro atoms. The largest absolute Gasteiger partial charge is 0.435 e. The minimum Gasteiger partial charge on any atom is -0.303 e. The first-order valence-corrected chi connectivity index (χ1v) is 10.1. The molecule has 0 aliphatic heterocycles. The van der Waals surface area contributed by atoms with Crippen molar-refractivity contribution >= 4 is 56.5 Å². The monoisotopic (exact) mass is 491 g/mol. The molecule has 0 bridgehead atoms. The molecule has 1 N–H and O–H groups in total. The Labute approximate surface area is 186 Å². The lowest BCUT2D eigenvalue weighted by Crippen LogP contribution is -2.12. The summed E-state index contributed by atoms with van der Waals surface area (Å²) in [5.41, 5.74) is -0.873. The van der Waals surface area contributed by atoms with Crippen molar-refractivity contribution in [2.45, 2.75) is 12.7 Å². The number of rotatable bonds is 4. The highest BCUT2D eigenvalue weighted by molar-refractivity contribution is 7.20. The number of thiophene rings is 1. The van der Waals surface area contributed by atoms with Crippen molar-refractivity contribution in [2.24, 2.45) is 7.05 Å². The number of carbonyl (C=O) groups is 1. The number of nitrogens with zero attached hydrogens (tertiary/aromatic N) is 4. The quantitative estimate of drug-likeness (QED) is 0.378. The SMILES string of the molecule is Cn1nc(C(F)(F)F)c2cc(C(=O)Nc3nn(Cc4c(F)cccc4Cl)cc3Cl)sc21. The standard InChI is InChI=1S/C18H11Cl2F4N5OS/c1-28-17-8(14(26-28)18(22,23)24)5-13(31-17)16(30)25-15-11(20)7-29(27-15)6-9-10(19)3-2-4-12(9)21/h2-5,7H,6H2,1H3,(H,25,27,30). The fourth-order valence-electron chi connectivity index (χ4n) is 2.94. The van der Waals surface area contributed by atoms with Gasteiger partial charge in [0.2, 0.25) is 0 Å². The van der Waals surface area contributed by atoms with Crippen LogP contribution < -0.4 is 5.32 Å². The Balaban J connectivity index is 1.58. The highest BCUT2D eigenvalue weighted by Crippen LogP contribution is 2.37. The van der Waals surface area contributed by atoms with Crippen molar-refractivity contribution in [1.82, 2.24) is 19.6 Å². The lowest BCUT2D eigenvalue weighted by atomic mass is 10.2. The van der Waals surface area contributed by atoms with Crippen molar-refractivity contribution in [3.8, 4) is 0 Å². The van der Waals surface area contributed by atoms with Crippen LogP contribution in [0.15, 0.2) is 30.5 Å². The third-order valence-corrected chi connectivity index (χ3v) is 6.17. The van der Waals surface area contributed by atoms with Crippen LogP contribution in [0.2, 0.25) is 10.0 Å². The van der Waals surface area contributed by atoms with Gasteiger partial charge in [-0.25, -0.2) is 4.39 Å². The number of fused-ring (bicyclic) bond motifs is 1. The van der Waals surface area contributed by atoms with Crippen LogP contribution in [0.1, 0.15) is 20.9 Å². The summed E-state index contributed by atoms with van der Waals surface area (Å²) < 4.78 is 55.8. The number of anilines is 1. The predicted octanol–water partition coefficient (Wildman–Crippen LogP) is 5.60. The minimum atomic E-state index is -4.65. The molecule has 31 heavy (non-hydrogen) atoms. The summed E-state index contributed by atoms with van der Waals surface area (Å²) in [7, 11) is 1.36. The van der Waals surface area contributed by atoms with E-state index in [9.17, 15) is 22.4 Å². The van der Waals surface area contributed by atoms with Gasteiger partial charge >= 0.3 is 6.18 Å². The van der Waals surface area contributed by atoms with Crippen LogP contribution in [-0.2, 0) is 19.8 Å². The molecule has 0 aliphatic carbocycles. The molecule has 13 heteroatoms. The van der Waals surface area contributed by atoms with Gasteiger partial charge in [-0.1, -0.05) is 29.3 Å². The average molecular weight is 492 g/mol. The first kappa shape index (κ1) is 21.6. The van der Waals surface area contributed by atoms with E-state index in [-0.39, 0.29) is 43.1 Å². The lowest BCUT2D eigenvalue weighted by Gasteiger charge is -2.06. The second-order valence-corrected chi connectivity index (χ2v) is 8.32. The van der Waals surface area contributed by atoms with E-state index < -0.39 is 23.6 Å². The van der Waals surface area contributed by atoms with Crippen LogP contribution in [0.3, 0.4) is 0 Å². The van der Waals surface area contributed by atoms with E-state index >= 15 is 0 Å². The van der Waals surface area contributed by atoms with E-state index in [2.05, 4.69) is 15.5 Å². The molecule has 0 fully saturated rings. The van der Waals surface area contributed by atoms with Crippen LogP contribution in [0, 0.1) is 5.82 Å². The number of hydrogen-bond acceptors (Lipinski definition) is 4. The first-order chi connectivity index (χ1) is 14.5. The maximum Gasteiger partial charge on any atom is 0.435 e. The van der Waals surface area contributed by atoms with Crippen LogP contribution >= 0.6 is 34.5 Å². The van der Waals surface area contributed by atoms with E-state index in [1.165, 1.54) is 36.1 Å².